The summed E-state index contributed by atoms with van der Waals surface area (Å²) in [6.45, 7) is 0.787. The first kappa shape index (κ1) is 9.17. The van der Waals surface area contributed by atoms with Crippen molar-refractivity contribution in [2.75, 3.05) is 6.54 Å². The number of hydrogen-bond donors (Lipinski definition) is 1. The maximum Gasteiger partial charge on any atom is 0.0718 e. The number of rotatable bonds is 2. The van der Waals surface area contributed by atoms with Crippen molar-refractivity contribution in [3.63, 3.8) is 0 Å². The molecule has 1 aliphatic heterocycles. The minimum Gasteiger partial charge on any atom is -0.371 e. The number of fused-ring (bicyclic) bond motifs is 3. The van der Waals surface area contributed by atoms with Gasteiger partial charge in [0.2, 0.25) is 0 Å². The first-order chi connectivity index (χ1) is 6.82. The van der Waals surface area contributed by atoms with Crippen LogP contribution < -0.4 is 5.73 Å². The van der Waals surface area contributed by atoms with E-state index in [0.717, 1.165) is 24.8 Å². The second kappa shape index (κ2) is 3.21. The van der Waals surface area contributed by atoms with Crippen LogP contribution in [0.4, 0.5) is 0 Å². The molecule has 2 nitrogen and oxygen atoms in total. The third-order valence-electron chi connectivity index (χ3n) is 4.70. The Balaban J connectivity index is 1.69. The SMILES string of the molecule is NCCC1CCC2(CC3CCC2C3)O1. The van der Waals surface area contributed by atoms with Gasteiger partial charge in [0.15, 0.2) is 0 Å². The summed E-state index contributed by atoms with van der Waals surface area (Å²) in [5, 5.41) is 0. The Bertz CT molecular complexity index is 230. The van der Waals surface area contributed by atoms with Crippen LogP contribution in [0.25, 0.3) is 0 Å². The van der Waals surface area contributed by atoms with Crippen LogP contribution in [0.1, 0.15) is 44.9 Å². The van der Waals surface area contributed by atoms with E-state index in [9.17, 15) is 0 Å². The Labute approximate surface area is 86.2 Å². The second-order valence-corrected chi connectivity index (χ2v) is 5.50. The Morgan fingerprint density at radius 3 is 2.86 bits per heavy atom. The molecule has 4 atom stereocenters. The number of nitrogens with two attached hydrogens (primary N) is 1. The minimum absolute atomic E-state index is 0.322. The van der Waals surface area contributed by atoms with Crippen LogP contribution in [0.2, 0.25) is 0 Å². The van der Waals surface area contributed by atoms with E-state index < -0.39 is 0 Å². The van der Waals surface area contributed by atoms with Gasteiger partial charge in [-0.25, -0.2) is 0 Å². The van der Waals surface area contributed by atoms with Gasteiger partial charge >= 0.3 is 0 Å². The van der Waals surface area contributed by atoms with E-state index in [2.05, 4.69) is 0 Å². The van der Waals surface area contributed by atoms with Crippen LogP contribution in [0.15, 0.2) is 0 Å². The largest absolute Gasteiger partial charge is 0.371 e. The fourth-order valence-electron chi connectivity index (χ4n) is 4.09. The predicted molar refractivity (Wildman–Crippen MR) is 56.0 cm³/mol. The first-order valence-electron chi connectivity index (χ1n) is 6.20. The molecule has 0 amide bonds. The summed E-state index contributed by atoms with van der Waals surface area (Å²) in [5.74, 6) is 1.90. The molecule has 2 N–H and O–H groups in total. The summed E-state index contributed by atoms with van der Waals surface area (Å²) in [6.07, 6.45) is 9.85. The van der Waals surface area contributed by atoms with Gasteiger partial charge in [0.25, 0.3) is 0 Å². The van der Waals surface area contributed by atoms with Crippen LogP contribution >= 0.6 is 0 Å². The van der Waals surface area contributed by atoms with E-state index in [0.29, 0.717) is 11.7 Å². The molecule has 3 rings (SSSR count). The van der Waals surface area contributed by atoms with Crippen molar-refractivity contribution >= 4 is 0 Å². The predicted octanol–water partition coefficient (Wildman–Crippen LogP) is 2.07. The van der Waals surface area contributed by atoms with Gasteiger partial charge in [-0.1, -0.05) is 0 Å². The Morgan fingerprint density at radius 1 is 1.29 bits per heavy atom. The van der Waals surface area contributed by atoms with Gasteiger partial charge in [0, 0.05) is 0 Å². The van der Waals surface area contributed by atoms with E-state index in [-0.39, 0.29) is 0 Å². The molecule has 0 aromatic heterocycles. The van der Waals surface area contributed by atoms with Crippen LogP contribution in [0.3, 0.4) is 0 Å². The lowest BCUT2D eigenvalue weighted by atomic mass is 9.82. The lowest BCUT2D eigenvalue weighted by molar-refractivity contribution is -0.0769. The van der Waals surface area contributed by atoms with Crippen molar-refractivity contribution in [1.82, 2.24) is 0 Å². The van der Waals surface area contributed by atoms with Crippen molar-refractivity contribution in [2.24, 2.45) is 17.6 Å². The Hall–Kier alpha value is -0.0800. The van der Waals surface area contributed by atoms with Gasteiger partial charge in [0.05, 0.1) is 11.7 Å². The lowest BCUT2D eigenvalue weighted by Crippen LogP contribution is -2.35. The van der Waals surface area contributed by atoms with Crippen molar-refractivity contribution in [2.45, 2.75) is 56.7 Å². The Morgan fingerprint density at radius 2 is 2.21 bits per heavy atom. The molecule has 0 aromatic carbocycles. The molecule has 2 saturated carbocycles. The summed E-state index contributed by atoms with van der Waals surface area (Å²) in [5.41, 5.74) is 5.91. The maximum absolute atomic E-state index is 6.30. The average molecular weight is 195 g/mol. The van der Waals surface area contributed by atoms with E-state index in [1.54, 1.807) is 0 Å². The molecule has 4 unspecified atom stereocenters. The van der Waals surface area contributed by atoms with E-state index in [4.69, 9.17) is 10.5 Å². The van der Waals surface area contributed by atoms with Crippen LogP contribution in [-0.2, 0) is 4.74 Å². The minimum atomic E-state index is 0.322. The molecule has 14 heavy (non-hydrogen) atoms. The molecule has 0 aromatic rings. The van der Waals surface area contributed by atoms with Crippen molar-refractivity contribution < 1.29 is 4.74 Å². The monoisotopic (exact) mass is 195 g/mol. The van der Waals surface area contributed by atoms with E-state index in [1.165, 1.54) is 38.5 Å². The molecular formula is C12H21NO. The van der Waals surface area contributed by atoms with Crippen molar-refractivity contribution in [1.29, 1.82) is 0 Å². The van der Waals surface area contributed by atoms with Crippen LogP contribution in [0.5, 0.6) is 0 Å². The van der Waals surface area contributed by atoms with Gasteiger partial charge in [-0.05, 0) is 63.3 Å². The maximum atomic E-state index is 6.30. The smallest absolute Gasteiger partial charge is 0.0718 e. The van der Waals surface area contributed by atoms with Crippen LogP contribution in [-0.4, -0.2) is 18.2 Å². The first-order valence-corrected chi connectivity index (χ1v) is 6.20. The average Bonchev–Trinajstić information content (AvgIpc) is 2.82. The highest BCUT2D eigenvalue weighted by atomic mass is 16.5. The fraction of sp³-hybridized carbons (Fsp3) is 1.00. The molecule has 1 saturated heterocycles. The third-order valence-corrected chi connectivity index (χ3v) is 4.70. The van der Waals surface area contributed by atoms with E-state index >= 15 is 0 Å². The number of hydrogen-bond acceptors (Lipinski definition) is 2. The molecular weight excluding hydrogens is 174 g/mol. The summed E-state index contributed by atoms with van der Waals surface area (Å²) < 4.78 is 6.30. The summed E-state index contributed by atoms with van der Waals surface area (Å²) in [6, 6.07) is 0. The molecule has 2 bridgehead atoms. The second-order valence-electron chi connectivity index (χ2n) is 5.50. The molecule has 0 radical (unpaired) electrons. The molecule has 2 heteroatoms. The highest BCUT2D eigenvalue weighted by Crippen LogP contribution is 2.57. The van der Waals surface area contributed by atoms with Crippen molar-refractivity contribution in [3.8, 4) is 0 Å². The topological polar surface area (TPSA) is 35.2 Å². The van der Waals surface area contributed by atoms with Gasteiger partial charge in [-0.15, -0.1) is 0 Å². The normalized spacial score (nSPS) is 50.8. The zero-order valence-electron chi connectivity index (χ0n) is 8.87. The van der Waals surface area contributed by atoms with Gasteiger partial charge < -0.3 is 10.5 Å². The third kappa shape index (κ3) is 1.24. The summed E-state index contributed by atoms with van der Waals surface area (Å²) in [7, 11) is 0. The zero-order valence-corrected chi connectivity index (χ0v) is 8.87. The molecule has 80 valence electrons. The summed E-state index contributed by atoms with van der Waals surface area (Å²) in [4.78, 5) is 0. The number of ether oxygens (including phenoxy) is 1. The quantitative estimate of drug-likeness (QED) is 0.732. The Kier molecular flexibility index (Phi) is 2.10. The molecule has 3 aliphatic rings. The van der Waals surface area contributed by atoms with Gasteiger partial charge in [-0.2, -0.15) is 0 Å². The summed E-state index contributed by atoms with van der Waals surface area (Å²) >= 11 is 0. The van der Waals surface area contributed by atoms with E-state index in [1.807, 2.05) is 0 Å². The van der Waals surface area contributed by atoms with Gasteiger partial charge in [-0.3, -0.25) is 0 Å². The van der Waals surface area contributed by atoms with Gasteiger partial charge in [0.1, 0.15) is 0 Å². The van der Waals surface area contributed by atoms with Crippen LogP contribution in [0, 0.1) is 11.8 Å². The fourth-order valence-corrected chi connectivity index (χ4v) is 4.09. The molecule has 2 aliphatic carbocycles. The highest BCUT2D eigenvalue weighted by molar-refractivity contribution is 5.05. The standard InChI is InChI=1S/C12H21NO/c13-6-4-11-3-5-12(14-11)8-9-1-2-10(12)7-9/h9-11H,1-8,13H2. The lowest BCUT2D eigenvalue weighted by Gasteiger charge is -2.33. The zero-order chi connectivity index (χ0) is 9.60. The highest BCUT2D eigenvalue weighted by Gasteiger charge is 2.54. The molecule has 1 heterocycles. The molecule has 1 spiro atoms. The van der Waals surface area contributed by atoms with Crippen molar-refractivity contribution in [3.05, 3.63) is 0 Å². The molecule has 3 fully saturated rings.